The van der Waals surface area contributed by atoms with Crippen molar-refractivity contribution in [2.75, 3.05) is 5.32 Å². The van der Waals surface area contributed by atoms with Crippen LogP contribution >= 0.6 is 22.7 Å². The molecule has 2 amide bonds. The second-order valence-corrected chi connectivity index (χ2v) is 10.2. The second-order valence-electron chi connectivity index (χ2n) is 8.04. The summed E-state index contributed by atoms with van der Waals surface area (Å²) in [6, 6.07) is 11.7. The molecule has 8 heteroatoms. The Morgan fingerprint density at radius 2 is 2.00 bits per heavy atom. The lowest BCUT2D eigenvalue weighted by atomic mass is 9.88. The van der Waals surface area contributed by atoms with E-state index in [1.165, 1.54) is 22.7 Å². The largest absolute Gasteiger partial charge is 0.365 e. The quantitative estimate of drug-likeness (QED) is 0.462. The number of fused-ring (bicyclic) bond motifs is 2. The van der Waals surface area contributed by atoms with Gasteiger partial charge in [-0.05, 0) is 55.9 Å². The van der Waals surface area contributed by atoms with Gasteiger partial charge < -0.3 is 11.1 Å². The summed E-state index contributed by atoms with van der Waals surface area (Å²) in [5, 5.41) is 9.12. The highest BCUT2D eigenvalue weighted by Gasteiger charge is 2.28. The first kappa shape index (κ1) is 20.0. The molecule has 3 aromatic heterocycles. The van der Waals surface area contributed by atoms with Crippen LogP contribution in [0.4, 0.5) is 5.00 Å². The number of thiophene rings is 2. The number of carbonyl (C=O) groups is 2. The minimum absolute atomic E-state index is 0.227. The van der Waals surface area contributed by atoms with Crippen LogP contribution in [0.3, 0.4) is 0 Å². The molecular weight excluding hydrogens is 428 g/mol. The Hall–Kier alpha value is -2.97. The van der Waals surface area contributed by atoms with Crippen LogP contribution in [-0.2, 0) is 12.8 Å². The van der Waals surface area contributed by atoms with Crippen molar-refractivity contribution in [2.24, 2.45) is 11.7 Å². The molecule has 31 heavy (non-hydrogen) atoms. The maximum absolute atomic E-state index is 13.1. The summed E-state index contributed by atoms with van der Waals surface area (Å²) < 4.78 is 1.87. The Kier molecular flexibility index (Phi) is 4.91. The number of nitrogens with two attached hydrogens (primary N) is 1. The highest BCUT2D eigenvalue weighted by Crippen LogP contribution is 2.40. The van der Waals surface area contributed by atoms with Crippen molar-refractivity contribution in [2.45, 2.75) is 33.1 Å². The molecule has 0 aliphatic heterocycles. The van der Waals surface area contributed by atoms with Crippen LogP contribution in [0.25, 0.3) is 15.9 Å². The summed E-state index contributed by atoms with van der Waals surface area (Å²) in [6.07, 6.45) is 2.78. The molecule has 0 unspecified atom stereocenters. The summed E-state index contributed by atoms with van der Waals surface area (Å²) in [7, 11) is 0. The summed E-state index contributed by atoms with van der Waals surface area (Å²) in [6.45, 7) is 4.15. The minimum atomic E-state index is -0.478. The molecule has 5 rings (SSSR count). The number of hydrogen-bond donors (Lipinski definition) is 2. The molecule has 0 saturated heterocycles. The Balaban J connectivity index is 1.50. The molecule has 0 saturated carbocycles. The number of carbonyl (C=O) groups excluding carboxylic acids is 2. The van der Waals surface area contributed by atoms with E-state index in [0.717, 1.165) is 51.3 Å². The van der Waals surface area contributed by atoms with Crippen LogP contribution in [0.15, 0.2) is 36.4 Å². The smallest absolute Gasteiger partial charge is 0.266 e. The van der Waals surface area contributed by atoms with E-state index in [1.54, 1.807) is 0 Å². The monoisotopic (exact) mass is 450 g/mol. The summed E-state index contributed by atoms with van der Waals surface area (Å²) in [5.74, 6) is -0.134. The van der Waals surface area contributed by atoms with Gasteiger partial charge in [0.2, 0.25) is 0 Å². The first-order chi connectivity index (χ1) is 14.9. The lowest BCUT2D eigenvalue weighted by Gasteiger charge is -2.18. The number of para-hydroxylation sites is 1. The Morgan fingerprint density at radius 3 is 2.74 bits per heavy atom. The van der Waals surface area contributed by atoms with E-state index < -0.39 is 5.91 Å². The van der Waals surface area contributed by atoms with Crippen molar-refractivity contribution >= 4 is 49.7 Å². The average Bonchev–Trinajstić information content (AvgIpc) is 3.41. The van der Waals surface area contributed by atoms with Crippen LogP contribution < -0.4 is 11.1 Å². The lowest BCUT2D eigenvalue weighted by Crippen LogP contribution is -2.19. The van der Waals surface area contributed by atoms with Gasteiger partial charge in [-0.2, -0.15) is 5.10 Å². The van der Waals surface area contributed by atoms with Crippen LogP contribution in [0, 0.1) is 12.8 Å². The zero-order valence-corrected chi connectivity index (χ0v) is 18.9. The third-order valence-electron chi connectivity index (χ3n) is 5.75. The number of aryl methyl sites for hydroxylation is 1. The third-order valence-corrected chi connectivity index (χ3v) is 8.03. The van der Waals surface area contributed by atoms with Gasteiger partial charge in [-0.1, -0.05) is 25.1 Å². The number of hydrogen-bond acceptors (Lipinski definition) is 5. The lowest BCUT2D eigenvalue weighted by molar-refractivity contribution is 0.1000. The normalized spacial score (nSPS) is 15.7. The summed E-state index contributed by atoms with van der Waals surface area (Å²) in [5.41, 5.74) is 9.00. The van der Waals surface area contributed by atoms with Gasteiger partial charge in [0.05, 0.1) is 21.8 Å². The van der Waals surface area contributed by atoms with Crippen LogP contribution in [-0.4, -0.2) is 21.6 Å². The van der Waals surface area contributed by atoms with Crippen LogP contribution in [0.5, 0.6) is 0 Å². The van der Waals surface area contributed by atoms with E-state index in [9.17, 15) is 9.59 Å². The maximum Gasteiger partial charge on any atom is 0.266 e. The van der Waals surface area contributed by atoms with Gasteiger partial charge in [0.25, 0.3) is 11.8 Å². The SMILES string of the molecule is Cc1nn(-c2ccccc2)c2sc(C(=O)Nc3sc4c(c3C(N)=O)CC[C@@H](C)C4)cc12. The molecule has 1 aromatic carbocycles. The molecule has 0 fully saturated rings. The molecule has 3 N–H and O–H groups in total. The Labute approximate surface area is 187 Å². The Morgan fingerprint density at radius 1 is 1.23 bits per heavy atom. The van der Waals surface area contributed by atoms with Gasteiger partial charge in [0.1, 0.15) is 9.83 Å². The van der Waals surface area contributed by atoms with Crippen molar-refractivity contribution in [1.82, 2.24) is 9.78 Å². The molecule has 1 aliphatic carbocycles. The fourth-order valence-electron chi connectivity index (χ4n) is 4.17. The van der Waals surface area contributed by atoms with Gasteiger partial charge in [0, 0.05) is 10.3 Å². The van der Waals surface area contributed by atoms with Crippen molar-refractivity contribution < 1.29 is 9.59 Å². The average molecular weight is 451 g/mol. The molecule has 0 bridgehead atoms. The van der Waals surface area contributed by atoms with E-state index in [4.69, 9.17) is 5.73 Å². The van der Waals surface area contributed by atoms with E-state index in [1.807, 2.05) is 48.0 Å². The fraction of sp³-hybridized carbons (Fsp3) is 0.261. The fourth-order valence-corrected chi connectivity index (χ4v) is 6.66. The number of nitrogens with one attached hydrogen (secondary N) is 1. The van der Waals surface area contributed by atoms with E-state index in [2.05, 4.69) is 17.3 Å². The molecule has 158 valence electrons. The van der Waals surface area contributed by atoms with E-state index >= 15 is 0 Å². The topological polar surface area (TPSA) is 90.0 Å². The number of amides is 2. The Bertz CT molecular complexity index is 1320. The predicted octanol–water partition coefficient (Wildman–Crippen LogP) is 4.93. The van der Waals surface area contributed by atoms with Gasteiger partial charge >= 0.3 is 0 Å². The third kappa shape index (κ3) is 3.45. The maximum atomic E-state index is 13.1. The first-order valence-corrected chi connectivity index (χ1v) is 11.9. The van der Waals surface area contributed by atoms with Gasteiger partial charge in [-0.25, -0.2) is 4.68 Å². The number of primary amides is 1. The zero-order chi connectivity index (χ0) is 21.7. The standard InChI is InChI=1S/C23H22N4O2S2/c1-12-8-9-15-17(10-12)30-22(19(15)20(24)28)25-21(29)18-11-16-13(2)26-27(23(16)31-18)14-6-4-3-5-7-14/h3-7,11-12H,8-10H2,1-2H3,(H2,24,28)(H,25,29)/t12-/m1/s1. The zero-order valence-electron chi connectivity index (χ0n) is 17.3. The van der Waals surface area contributed by atoms with E-state index in [-0.39, 0.29) is 5.91 Å². The van der Waals surface area contributed by atoms with Crippen molar-refractivity contribution in [3.63, 3.8) is 0 Å². The van der Waals surface area contributed by atoms with Crippen molar-refractivity contribution in [1.29, 1.82) is 0 Å². The van der Waals surface area contributed by atoms with Crippen molar-refractivity contribution in [3.8, 4) is 5.69 Å². The first-order valence-electron chi connectivity index (χ1n) is 10.2. The molecule has 0 radical (unpaired) electrons. The number of rotatable bonds is 4. The minimum Gasteiger partial charge on any atom is -0.365 e. The number of nitrogens with zero attached hydrogens (tertiary/aromatic N) is 2. The molecule has 3 heterocycles. The van der Waals surface area contributed by atoms with Crippen molar-refractivity contribution in [3.05, 3.63) is 63.0 Å². The van der Waals surface area contributed by atoms with Crippen LogP contribution in [0.2, 0.25) is 0 Å². The highest BCUT2D eigenvalue weighted by atomic mass is 32.1. The van der Waals surface area contributed by atoms with Gasteiger partial charge in [0.15, 0.2) is 0 Å². The molecule has 0 spiro atoms. The van der Waals surface area contributed by atoms with Gasteiger partial charge in [-0.15, -0.1) is 22.7 Å². The molecular formula is C23H22N4O2S2. The molecule has 6 nitrogen and oxygen atoms in total. The molecule has 4 aromatic rings. The number of aromatic nitrogens is 2. The predicted molar refractivity (Wildman–Crippen MR) is 126 cm³/mol. The van der Waals surface area contributed by atoms with E-state index in [0.29, 0.717) is 21.4 Å². The highest BCUT2D eigenvalue weighted by molar-refractivity contribution is 7.21. The van der Waals surface area contributed by atoms with Crippen LogP contribution in [0.1, 0.15) is 49.5 Å². The van der Waals surface area contributed by atoms with Gasteiger partial charge in [-0.3, -0.25) is 9.59 Å². The number of benzene rings is 1. The molecule has 1 atom stereocenters. The summed E-state index contributed by atoms with van der Waals surface area (Å²) in [4.78, 5) is 27.9. The number of anilines is 1. The molecule has 1 aliphatic rings. The second kappa shape index (κ2) is 7.62. The summed E-state index contributed by atoms with van der Waals surface area (Å²) >= 11 is 2.88.